The topological polar surface area (TPSA) is 51.2 Å². The van der Waals surface area contributed by atoms with Gasteiger partial charge in [-0.3, -0.25) is 4.57 Å². The molecular formula is C52H68N2O4P2S4. The third kappa shape index (κ3) is 9.44. The molecule has 6 nitrogen and oxygen atoms in total. The molecule has 344 valence electrons. The largest absolute Gasteiger partial charge is 0.440 e. The number of nitrogens with zero attached hydrogens (tertiary/aromatic N) is 2. The van der Waals surface area contributed by atoms with Crippen molar-refractivity contribution in [1.29, 1.82) is 0 Å². The molecule has 9 rings (SSSR count). The van der Waals surface area contributed by atoms with Crippen LogP contribution in [0.15, 0.2) is 63.2 Å². The average molecular weight is 975 g/mol. The Morgan fingerprint density at radius 1 is 0.484 bits per heavy atom. The van der Waals surface area contributed by atoms with Crippen LogP contribution in [0.2, 0.25) is 0 Å². The van der Waals surface area contributed by atoms with Crippen molar-refractivity contribution in [2.24, 2.45) is 0 Å². The molecule has 5 heterocycles. The van der Waals surface area contributed by atoms with E-state index < -0.39 is 11.3 Å². The van der Waals surface area contributed by atoms with Gasteiger partial charge in [0.1, 0.15) is 5.75 Å². The maximum Gasteiger partial charge on any atom is 0.257 e. The van der Waals surface area contributed by atoms with Crippen LogP contribution in [0.5, 0.6) is 5.75 Å². The first-order valence-corrected chi connectivity index (χ1v) is 31.8. The molecule has 4 aromatic rings. The zero-order valence-corrected chi connectivity index (χ0v) is 45.2. The summed E-state index contributed by atoms with van der Waals surface area (Å²) in [5.74, 6) is 0.922. The molecule has 5 aliphatic heterocycles. The van der Waals surface area contributed by atoms with Gasteiger partial charge >= 0.3 is 0 Å². The molecule has 0 radical (unpaired) electrons. The number of rotatable bonds is 4. The molecule has 2 fully saturated rings. The number of morpholine rings is 2. The Hall–Kier alpha value is -1.55. The second-order valence-corrected chi connectivity index (χ2v) is 37.4. The molecule has 0 aliphatic carbocycles. The fourth-order valence-electron chi connectivity index (χ4n) is 9.51. The zero-order chi connectivity index (χ0) is 45.8. The van der Waals surface area contributed by atoms with E-state index in [1.54, 1.807) is 34.1 Å². The third-order valence-electron chi connectivity index (χ3n) is 13.5. The van der Waals surface area contributed by atoms with Crippen molar-refractivity contribution >= 4 is 57.3 Å². The fraction of sp³-hybridized carbons (Fsp3) is 0.538. The van der Waals surface area contributed by atoms with Crippen LogP contribution < -0.4 is 4.52 Å². The number of ether oxygens (including phenoxy) is 2. The molecule has 0 spiro atoms. The summed E-state index contributed by atoms with van der Waals surface area (Å²) in [6, 6.07) is 19.5. The van der Waals surface area contributed by atoms with Crippen LogP contribution >= 0.6 is 45.5 Å². The molecule has 0 amide bonds. The average Bonchev–Trinajstić information content (AvgIpc) is 3.19. The fourth-order valence-corrected chi connectivity index (χ4v) is 24.9. The molecule has 0 unspecified atom stereocenters. The number of benzene rings is 4. The van der Waals surface area contributed by atoms with Gasteiger partial charge in [0, 0.05) is 53.7 Å². The lowest BCUT2D eigenvalue weighted by Crippen LogP contribution is -2.44. The van der Waals surface area contributed by atoms with E-state index in [0.717, 1.165) is 65.7 Å². The van der Waals surface area contributed by atoms with E-state index in [9.17, 15) is 0 Å². The van der Waals surface area contributed by atoms with Crippen molar-refractivity contribution in [3.05, 3.63) is 115 Å². The monoisotopic (exact) mass is 974 g/mol. The summed E-state index contributed by atoms with van der Waals surface area (Å²) in [6.45, 7) is 30.6. The van der Waals surface area contributed by atoms with E-state index in [1.165, 1.54) is 60.5 Å². The van der Waals surface area contributed by atoms with Crippen molar-refractivity contribution in [1.82, 2.24) is 9.34 Å². The lowest BCUT2D eigenvalue weighted by molar-refractivity contribution is 0.0521. The zero-order valence-electron chi connectivity index (χ0n) is 40.2. The molecule has 12 heteroatoms. The highest BCUT2D eigenvalue weighted by molar-refractivity contribution is 9.14. The van der Waals surface area contributed by atoms with Gasteiger partial charge in [0.25, 0.3) is 11.3 Å². The maximum absolute atomic E-state index is 16.4. The molecule has 0 aromatic heterocycles. The van der Waals surface area contributed by atoms with Gasteiger partial charge in [-0.05, 0) is 147 Å². The number of fused-ring (bicyclic) bond motifs is 2. The first-order chi connectivity index (χ1) is 29.9. The van der Waals surface area contributed by atoms with Gasteiger partial charge < -0.3 is 14.0 Å². The Labute approximate surface area is 401 Å². The highest BCUT2D eigenvalue weighted by atomic mass is 33.4. The van der Waals surface area contributed by atoms with E-state index in [-0.39, 0.29) is 21.7 Å². The predicted octanol–water partition coefficient (Wildman–Crippen LogP) is 14.2. The second-order valence-electron chi connectivity index (χ2n) is 22.6. The Bertz CT molecular complexity index is 2460. The van der Waals surface area contributed by atoms with Crippen molar-refractivity contribution in [2.75, 3.05) is 52.6 Å². The quantitative estimate of drug-likeness (QED) is 0.163. The van der Waals surface area contributed by atoms with Crippen LogP contribution in [0.4, 0.5) is 0 Å². The third-order valence-corrected chi connectivity index (χ3v) is 28.2. The second kappa shape index (κ2) is 17.1. The molecule has 64 heavy (non-hydrogen) atoms. The van der Waals surface area contributed by atoms with Crippen molar-refractivity contribution in [3.8, 4) is 5.75 Å². The van der Waals surface area contributed by atoms with Gasteiger partial charge in [-0.15, -0.1) is 0 Å². The van der Waals surface area contributed by atoms with Crippen LogP contribution in [-0.4, -0.2) is 61.9 Å². The Morgan fingerprint density at radius 2 is 0.734 bits per heavy atom. The molecule has 0 saturated carbocycles. The van der Waals surface area contributed by atoms with Crippen LogP contribution in [0.25, 0.3) is 0 Å². The summed E-state index contributed by atoms with van der Waals surface area (Å²) >= 11 is 12.0. The molecule has 0 N–H and O–H groups in total. The smallest absolute Gasteiger partial charge is 0.257 e. The summed E-state index contributed by atoms with van der Waals surface area (Å²) in [5, 5.41) is 0. The molecule has 5 aliphatic rings. The van der Waals surface area contributed by atoms with Gasteiger partial charge in [-0.25, -0.2) is 9.34 Å². The summed E-state index contributed by atoms with van der Waals surface area (Å²) in [5.41, 5.74) is 14.7. The summed E-state index contributed by atoms with van der Waals surface area (Å²) in [4.78, 5) is 3.54. The molecule has 2 saturated heterocycles. The van der Waals surface area contributed by atoms with Crippen molar-refractivity contribution in [2.45, 2.75) is 145 Å². The van der Waals surface area contributed by atoms with Gasteiger partial charge in [-0.2, -0.15) is 0 Å². The van der Waals surface area contributed by atoms with Gasteiger partial charge in [0.15, 0.2) is 0 Å². The van der Waals surface area contributed by atoms with Crippen molar-refractivity contribution in [3.63, 3.8) is 0 Å². The maximum atomic E-state index is 16.4. The van der Waals surface area contributed by atoms with Crippen LogP contribution in [-0.2, 0) is 73.2 Å². The Balaban J connectivity index is 1.39. The van der Waals surface area contributed by atoms with E-state index >= 15 is 4.57 Å². The van der Waals surface area contributed by atoms with E-state index in [0.29, 0.717) is 39.3 Å². The van der Waals surface area contributed by atoms with Crippen LogP contribution in [0.1, 0.15) is 150 Å². The number of hydrogen-bond acceptors (Lipinski definition) is 8. The van der Waals surface area contributed by atoms with E-state index in [2.05, 4.69) is 141 Å². The molecule has 4 aromatic carbocycles. The van der Waals surface area contributed by atoms with Gasteiger partial charge in [0.2, 0.25) is 0 Å². The molecule has 0 atom stereocenters. The summed E-state index contributed by atoms with van der Waals surface area (Å²) in [6.07, 6.45) is 2.86. The minimum Gasteiger partial charge on any atom is -0.440 e. The van der Waals surface area contributed by atoms with E-state index in [1.807, 2.05) is 0 Å². The van der Waals surface area contributed by atoms with Gasteiger partial charge in [-0.1, -0.05) is 132 Å². The standard InChI is InChI=1S/C52H68N2O4P2S4/c1-49(2,3)41-25-33-21-35-27-42(50(4,5)6)29-37-23-39-31-44(52(10,11)12)32-40-24-38-30-43(51(7,8)9)28-36(47(38)63-60(55,62-46(35)37)64-48(39)40)22-34(26-41)45(33)58-59(61,53-13-17-56-18-14-53)54-15-19-57-20-16-54/h25-32H,13-24H2,1-12H3. The van der Waals surface area contributed by atoms with Crippen molar-refractivity contribution < 1.29 is 18.6 Å². The van der Waals surface area contributed by atoms with Crippen LogP contribution in [0, 0.1) is 0 Å². The van der Waals surface area contributed by atoms with Gasteiger partial charge in [0.05, 0.1) is 26.4 Å². The first kappa shape index (κ1) is 47.5. The minimum atomic E-state index is -3.13. The summed E-state index contributed by atoms with van der Waals surface area (Å²) in [7, 11) is 0. The van der Waals surface area contributed by atoms with E-state index in [4.69, 9.17) is 25.8 Å². The molecule has 6 bridgehead atoms. The summed E-state index contributed by atoms with van der Waals surface area (Å²) < 4.78 is 37.8. The highest BCUT2D eigenvalue weighted by Gasteiger charge is 2.42. The normalized spacial score (nSPS) is 19.6. The Kier molecular flexibility index (Phi) is 12.7. The minimum absolute atomic E-state index is 0.0492. The lowest BCUT2D eigenvalue weighted by Gasteiger charge is -2.44. The lowest BCUT2D eigenvalue weighted by atomic mass is 9.79. The SMILES string of the molecule is CC(C)(C)c1cc2c(OP(=S)(N3CCOCC3)N3CCOCC3)c(c1)Cc1cc(C(C)(C)C)cc3c1SP1(=O)Sc4c(cc(C(C)(C)C)cc4Cc4cc(C(C)(C)C)cc(c4S1)C3)C2. The number of hydrogen-bond donors (Lipinski definition) is 0. The van der Waals surface area contributed by atoms with Crippen LogP contribution in [0.3, 0.4) is 0 Å². The Morgan fingerprint density at radius 3 is 1.00 bits per heavy atom. The molecular weight excluding hydrogens is 907 g/mol. The predicted molar refractivity (Wildman–Crippen MR) is 277 cm³/mol. The highest BCUT2D eigenvalue weighted by Crippen LogP contribution is 2.85. The first-order valence-electron chi connectivity index (χ1n) is 23.2.